The summed E-state index contributed by atoms with van der Waals surface area (Å²) in [6.45, 7) is 0. The van der Waals surface area contributed by atoms with Crippen molar-refractivity contribution in [3.05, 3.63) is 266 Å². The molecule has 12 aromatic rings. The average Bonchev–Trinajstić information content (AvgIpc) is 4.39. The minimum Gasteiger partial charge on any atom is -0.371 e. The fourth-order valence-corrected chi connectivity index (χ4v) is 11.0. The molecule has 0 unspecified atom stereocenters. The predicted molar refractivity (Wildman–Crippen MR) is 302 cm³/mol. The van der Waals surface area contributed by atoms with Gasteiger partial charge in [0.1, 0.15) is 0 Å². The molecule has 4 aromatic heterocycles. The van der Waals surface area contributed by atoms with Gasteiger partial charge in [0.2, 0.25) is 11.2 Å². The number of nitrogens with zero attached hydrogens (tertiary/aromatic N) is 8. The van der Waals surface area contributed by atoms with Gasteiger partial charge in [0, 0.05) is 72.7 Å². The summed E-state index contributed by atoms with van der Waals surface area (Å²) in [6.07, 6.45) is 0. The van der Waals surface area contributed by atoms with Crippen molar-refractivity contribution >= 4 is 0 Å². The van der Waals surface area contributed by atoms with Crippen molar-refractivity contribution in [3.63, 3.8) is 0 Å². The largest absolute Gasteiger partial charge is 0.371 e. The lowest BCUT2D eigenvalue weighted by Gasteiger charge is -2.41. The topological polar surface area (TPSA) is 112 Å². The van der Waals surface area contributed by atoms with E-state index >= 15 is 10.2 Å². The first-order chi connectivity index (χ1) is 37.2. The summed E-state index contributed by atoms with van der Waals surface area (Å²) in [4.78, 5) is 22.5. The molecule has 370 valence electrons. The molecule has 10 heteroatoms. The van der Waals surface area contributed by atoms with Crippen molar-refractivity contribution in [2.75, 3.05) is 0 Å². The van der Waals surface area contributed by atoms with Crippen LogP contribution in [0.5, 0.6) is 0 Å². The molecular formula is C66H54N8O2. The van der Waals surface area contributed by atoms with Crippen LogP contribution in [0.25, 0.3) is 90.1 Å². The number of imidazole rings is 4. The van der Waals surface area contributed by atoms with Gasteiger partial charge in [-0.1, -0.05) is 243 Å². The molecule has 0 spiro atoms. The molecule has 0 fully saturated rings. The molecule has 0 radical (unpaired) electrons. The van der Waals surface area contributed by atoms with E-state index in [1.54, 1.807) is 0 Å². The maximum absolute atomic E-state index is 15.6. The van der Waals surface area contributed by atoms with Crippen LogP contribution in [0, 0.1) is 0 Å². The van der Waals surface area contributed by atoms with Gasteiger partial charge < -0.3 is 28.5 Å². The van der Waals surface area contributed by atoms with E-state index in [4.69, 9.17) is 19.9 Å². The monoisotopic (exact) mass is 990 g/mol. The number of benzene rings is 8. The molecule has 76 heavy (non-hydrogen) atoms. The van der Waals surface area contributed by atoms with Crippen LogP contribution < -0.4 is 0 Å². The van der Waals surface area contributed by atoms with Crippen LogP contribution in [0.2, 0.25) is 0 Å². The van der Waals surface area contributed by atoms with Crippen molar-refractivity contribution in [2.24, 2.45) is 28.2 Å². The zero-order valence-electron chi connectivity index (χ0n) is 42.6. The normalized spacial score (nSPS) is 11.8. The van der Waals surface area contributed by atoms with E-state index in [0.717, 1.165) is 44.5 Å². The Bertz CT molecular complexity index is 3450. The molecule has 0 bridgehead atoms. The van der Waals surface area contributed by atoms with Crippen LogP contribution in [0.15, 0.2) is 243 Å². The van der Waals surface area contributed by atoms with Crippen LogP contribution in [0.4, 0.5) is 0 Å². The van der Waals surface area contributed by atoms with Gasteiger partial charge in [-0.3, -0.25) is 0 Å². The SMILES string of the molecule is Cn1c(C(O)(c2nc(-c3ccccc3)c(-c3ccccc3)n2C)C(O)(c2nc(-c3ccccc3)c(-c3ccccc3)n2C)c2nc(-c3ccccc3)c(-c3ccccc3)n2C)nc(-c2ccccc2)c1-c1ccccc1. The number of aliphatic hydroxyl groups is 2. The second-order valence-electron chi connectivity index (χ2n) is 19.1. The van der Waals surface area contributed by atoms with Crippen LogP contribution in [0.3, 0.4) is 0 Å². The van der Waals surface area contributed by atoms with Gasteiger partial charge in [-0.25, -0.2) is 19.9 Å². The van der Waals surface area contributed by atoms with Gasteiger partial charge in [0.05, 0.1) is 45.6 Å². The lowest BCUT2D eigenvalue weighted by molar-refractivity contribution is -0.136. The summed E-state index contributed by atoms with van der Waals surface area (Å²) in [5, 5.41) is 31.2. The molecule has 0 aliphatic heterocycles. The van der Waals surface area contributed by atoms with Gasteiger partial charge >= 0.3 is 0 Å². The maximum Gasteiger partial charge on any atom is 0.224 e. The molecule has 2 N–H and O–H groups in total. The summed E-state index contributed by atoms with van der Waals surface area (Å²) in [5.74, 6) is 0.374. The van der Waals surface area contributed by atoms with Crippen molar-refractivity contribution in [3.8, 4) is 90.1 Å². The molecule has 0 saturated heterocycles. The molecule has 0 aliphatic rings. The maximum atomic E-state index is 15.6. The van der Waals surface area contributed by atoms with E-state index < -0.39 is 11.2 Å². The Labute approximate surface area is 441 Å². The highest BCUT2D eigenvalue weighted by Gasteiger charge is 2.65. The van der Waals surface area contributed by atoms with Crippen LogP contribution in [0.1, 0.15) is 23.3 Å². The molecule has 0 saturated carbocycles. The standard InChI is InChI=1S/C66H54N8O2/c1-71-57(49-37-21-9-22-38-49)53(45-29-13-5-14-30-45)67-61(71)65(75,62-68-54(46-31-15-6-16-32-46)58(72(62)2)50-39-23-10-24-40-50)66(76,63-69-55(47-33-17-7-18-34-47)59(73(63)3)51-41-25-11-26-42-51)64-70-56(48-35-19-8-20-36-48)60(74(64)4)52-43-27-12-28-44-52/h5-44,75-76H,1-4H3. The zero-order chi connectivity index (χ0) is 52.0. The summed E-state index contributed by atoms with van der Waals surface area (Å²) in [6, 6.07) is 80.0. The van der Waals surface area contributed by atoms with Gasteiger partial charge in [0.25, 0.3) is 0 Å². The van der Waals surface area contributed by atoms with E-state index in [1.807, 2.05) is 289 Å². The second kappa shape index (κ2) is 19.4. The van der Waals surface area contributed by atoms with E-state index in [1.165, 1.54) is 0 Å². The molecule has 10 nitrogen and oxygen atoms in total. The van der Waals surface area contributed by atoms with Gasteiger partial charge in [-0.2, -0.15) is 0 Å². The third-order valence-electron chi connectivity index (χ3n) is 14.6. The number of hydrogen-bond donors (Lipinski definition) is 2. The van der Waals surface area contributed by atoms with Crippen molar-refractivity contribution in [1.82, 2.24) is 38.2 Å². The summed E-state index contributed by atoms with van der Waals surface area (Å²) in [7, 11) is 7.59. The third kappa shape index (κ3) is 7.73. The van der Waals surface area contributed by atoms with E-state index in [9.17, 15) is 0 Å². The highest BCUT2D eigenvalue weighted by molar-refractivity contribution is 5.84. The Morgan fingerprint density at radius 3 is 0.539 bits per heavy atom. The van der Waals surface area contributed by atoms with Crippen molar-refractivity contribution in [2.45, 2.75) is 11.2 Å². The Morgan fingerprint density at radius 2 is 0.382 bits per heavy atom. The molecule has 4 heterocycles. The molecular weight excluding hydrogens is 937 g/mol. The highest BCUT2D eigenvalue weighted by Crippen LogP contribution is 2.54. The quantitative estimate of drug-likeness (QED) is 0.119. The first-order valence-corrected chi connectivity index (χ1v) is 25.3. The summed E-state index contributed by atoms with van der Waals surface area (Å²) in [5.41, 5.74) is 6.58. The molecule has 8 aromatic carbocycles. The van der Waals surface area contributed by atoms with Crippen LogP contribution in [-0.2, 0) is 39.4 Å². The number of aromatic nitrogens is 8. The number of hydrogen-bond acceptors (Lipinski definition) is 6. The van der Waals surface area contributed by atoms with Crippen LogP contribution >= 0.6 is 0 Å². The first kappa shape index (κ1) is 47.5. The minimum atomic E-state index is -2.66. The predicted octanol–water partition coefficient (Wildman–Crippen LogP) is 13.1. The number of rotatable bonds is 13. The fraction of sp³-hybridized carbons (Fsp3) is 0.0909. The highest BCUT2D eigenvalue weighted by atomic mass is 16.4. The van der Waals surface area contributed by atoms with Crippen LogP contribution in [-0.4, -0.2) is 48.4 Å². The van der Waals surface area contributed by atoms with E-state index in [-0.39, 0.29) is 23.3 Å². The summed E-state index contributed by atoms with van der Waals surface area (Å²) < 4.78 is 7.61. The van der Waals surface area contributed by atoms with Gasteiger partial charge in [-0.05, 0) is 0 Å². The van der Waals surface area contributed by atoms with Crippen molar-refractivity contribution in [1.29, 1.82) is 0 Å². The van der Waals surface area contributed by atoms with Gasteiger partial charge in [-0.15, -0.1) is 0 Å². The minimum absolute atomic E-state index is 0.0936. The molecule has 0 atom stereocenters. The van der Waals surface area contributed by atoms with E-state index in [2.05, 4.69) is 0 Å². The smallest absolute Gasteiger partial charge is 0.224 e. The van der Waals surface area contributed by atoms with Gasteiger partial charge in [0.15, 0.2) is 23.3 Å². The second-order valence-corrected chi connectivity index (χ2v) is 19.1. The fourth-order valence-electron chi connectivity index (χ4n) is 11.0. The van der Waals surface area contributed by atoms with Crippen molar-refractivity contribution < 1.29 is 10.2 Å². The molecule has 12 rings (SSSR count). The zero-order valence-corrected chi connectivity index (χ0v) is 42.6. The van der Waals surface area contributed by atoms with E-state index in [0.29, 0.717) is 45.6 Å². The Balaban J connectivity index is 1.30. The Hall–Kier alpha value is -9.48. The first-order valence-electron chi connectivity index (χ1n) is 25.3. The summed E-state index contributed by atoms with van der Waals surface area (Å²) >= 11 is 0. The molecule has 0 aliphatic carbocycles. The average molecular weight is 991 g/mol. The Morgan fingerprint density at radius 1 is 0.237 bits per heavy atom. The lowest BCUT2D eigenvalue weighted by Crippen LogP contribution is -2.56. The third-order valence-corrected chi connectivity index (χ3v) is 14.6. The molecule has 0 amide bonds. The lowest BCUT2D eigenvalue weighted by atomic mass is 9.78. The Kier molecular flexibility index (Phi) is 12.1.